The van der Waals surface area contributed by atoms with E-state index < -0.39 is 0 Å². The van der Waals surface area contributed by atoms with E-state index in [1.807, 2.05) is 18.2 Å². The molecule has 2 saturated heterocycles. The molecule has 6 aliphatic rings. The quantitative estimate of drug-likeness (QED) is 0.637. The Labute approximate surface area is 203 Å². The van der Waals surface area contributed by atoms with Gasteiger partial charge >= 0.3 is 0 Å². The molecular formula is C28H39N3O3. The van der Waals surface area contributed by atoms with E-state index in [0.29, 0.717) is 12.1 Å². The number of benzene rings is 1. The summed E-state index contributed by atoms with van der Waals surface area (Å²) in [7, 11) is 0. The van der Waals surface area contributed by atoms with Gasteiger partial charge in [0.05, 0.1) is 17.1 Å². The van der Waals surface area contributed by atoms with Crippen molar-refractivity contribution in [2.75, 3.05) is 36.5 Å². The maximum absolute atomic E-state index is 13.6. The Morgan fingerprint density at radius 1 is 0.971 bits per heavy atom. The third-order valence-corrected chi connectivity index (χ3v) is 9.23. The summed E-state index contributed by atoms with van der Waals surface area (Å²) >= 11 is 0. The molecule has 1 aromatic carbocycles. The van der Waals surface area contributed by atoms with Crippen LogP contribution in [0.25, 0.3) is 0 Å². The van der Waals surface area contributed by atoms with Crippen molar-refractivity contribution in [3.05, 3.63) is 23.8 Å². The van der Waals surface area contributed by atoms with Crippen LogP contribution in [-0.4, -0.2) is 44.2 Å². The van der Waals surface area contributed by atoms with Crippen molar-refractivity contribution in [1.29, 1.82) is 0 Å². The van der Waals surface area contributed by atoms with Gasteiger partial charge in [-0.3, -0.25) is 9.59 Å². The zero-order valence-corrected chi connectivity index (χ0v) is 20.3. The lowest BCUT2D eigenvalue weighted by Crippen LogP contribution is -2.51. The first kappa shape index (κ1) is 22.4. The molecule has 2 amide bonds. The summed E-state index contributed by atoms with van der Waals surface area (Å²) in [5.74, 6) is 2.32. The Balaban J connectivity index is 1.21. The van der Waals surface area contributed by atoms with Crippen LogP contribution in [0.4, 0.5) is 11.4 Å². The topological polar surface area (TPSA) is 70.7 Å². The second-order valence-electron chi connectivity index (χ2n) is 11.8. The predicted molar refractivity (Wildman–Crippen MR) is 133 cm³/mol. The van der Waals surface area contributed by atoms with E-state index in [2.05, 4.69) is 15.5 Å². The van der Waals surface area contributed by atoms with Gasteiger partial charge in [0.15, 0.2) is 0 Å². The number of hydrogen-bond acceptors (Lipinski definition) is 4. The van der Waals surface area contributed by atoms with Crippen molar-refractivity contribution in [1.82, 2.24) is 5.32 Å². The maximum Gasteiger partial charge on any atom is 0.253 e. The summed E-state index contributed by atoms with van der Waals surface area (Å²) < 4.78 is 5.70. The van der Waals surface area contributed by atoms with E-state index in [0.717, 1.165) is 93.8 Å². The normalized spacial score (nSPS) is 34.3. The van der Waals surface area contributed by atoms with Gasteiger partial charge < -0.3 is 20.3 Å². The van der Waals surface area contributed by atoms with Crippen LogP contribution < -0.4 is 15.5 Å². The highest BCUT2D eigenvalue weighted by molar-refractivity contribution is 6.03. The fraction of sp³-hybridized carbons (Fsp3) is 0.714. The average Bonchev–Trinajstić information content (AvgIpc) is 3.36. The van der Waals surface area contributed by atoms with Gasteiger partial charge in [0.25, 0.3) is 5.91 Å². The molecule has 6 heteroatoms. The van der Waals surface area contributed by atoms with E-state index in [1.165, 1.54) is 25.7 Å². The van der Waals surface area contributed by atoms with Crippen LogP contribution in [0.3, 0.4) is 0 Å². The zero-order chi connectivity index (χ0) is 23.1. The first-order chi connectivity index (χ1) is 16.6. The molecule has 7 rings (SSSR count). The Bertz CT molecular complexity index is 898. The molecule has 0 spiro atoms. The minimum atomic E-state index is -0.192. The summed E-state index contributed by atoms with van der Waals surface area (Å²) in [5, 5.41) is 6.37. The molecule has 0 radical (unpaired) electrons. The lowest BCUT2D eigenvalue weighted by atomic mass is 9.49. The standard InChI is InChI=1S/C28H39N3O3/c32-26(29-18-23-5-4-10-34-23)24-14-22(6-7-25(24)31-8-2-1-3-9-31)30-27(33)28-15-19-11-20(16-28)13-21(12-19)17-28/h6-7,14,19-21,23H,1-5,8-13,15-18H2,(H,29,32)(H,30,33). The molecule has 184 valence electrons. The monoisotopic (exact) mass is 465 g/mol. The van der Waals surface area contributed by atoms with E-state index in [-0.39, 0.29) is 23.3 Å². The molecule has 6 nitrogen and oxygen atoms in total. The van der Waals surface area contributed by atoms with Crippen LogP contribution in [0.5, 0.6) is 0 Å². The Morgan fingerprint density at radius 3 is 2.32 bits per heavy atom. The molecule has 34 heavy (non-hydrogen) atoms. The number of hydrogen-bond donors (Lipinski definition) is 2. The van der Waals surface area contributed by atoms with Crippen LogP contribution in [0.2, 0.25) is 0 Å². The molecule has 2 aliphatic heterocycles. The van der Waals surface area contributed by atoms with Gasteiger partial charge in [-0.1, -0.05) is 0 Å². The first-order valence-corrected chi connectivity index (χ1v) is 13.7. The molecule has 1 atom stereocenters. The molecule has 4 bridgehead atoms. The fourth-order valence-corrected chi connectivity index (χ4v) is 7.97. The second-order valence-corrected chi connectivity index (χ2v) is 11.8. The Hall–Kier alpha value is -2.08. The third-order valence-electron chi connectivity index (χ3n) is 9.23. The van der Waals surface area contributed by atoms with Crippen LogP contribution >= 0.6 is 0 Å². The van der Waals surface area contributed by atoms with E-state index >= 15 is 0 Å². The highest BCUT2D eigenvalue weighted by Crippen LogP contribution is 2.60. The van der Waals surface area contributed by atoms with Crippen molar-refractivity contribution < 1.29 is 14.3 Å². The molecule has 4 saturated carbocycles. The second kappa shape index (κ2) is 9.18. The number of anilines is 2. The first-order valence-electron chi connectivity index (χ1n) is 13.7. The summed E-state index contributed by atoms with van der Waals surface area (Å²) in [5.41, 5.74) is 2.21. The van der Waals surface area contributed by atoms with Gasteiger partial charge in [-0.25, -0.2) is 0 Å². The van der Waals surface area contributed by atoms with Gasteiger partial charge in [-0.2, -0.15) is 0 Å². The summed E-state index contributed by atoms with van der Waals surface area (Å²) in [6.07, 6.45) is 12.8. The molecule has 2 N–H and O–H groups in total. The van der Waals surface area contributed by atoms with Crippen molar-refractivity contribution in [3.63, 3.8) is 0 Å². The fourth-order valence-electron chi connectivity index (χ4n) is 7.97. The average molecular weight is 466 g/mol. The molecule has 1 unspecified atom stereocenters. The minimum absolute atomic E-state index is 0.0676. The lowest BCUT2D eigenvalue weighted by Gasteiger charge is -2.55. The van der Waals surface area contributed by atoms with Gasteiger partial charge in [0, 0.05) is 37.6 Å². The SMILES string of the molecule is O=C(NCC1CCCO1)c1cc(NC(=O)C23CC4CC(CC(C4)C2)C3)ccc1N1CCCCC1. The summed E-state index contributed by atoms with van der Waals surface area (Å²) in [6.45, 7) is 3.28. The van der Waals surface area contributed by atoms with Crippen molar-refractivity contribution >= 4 is 23.2 Å². The highest BCUT2D eigenvalue weighted by Gasteiger charge is 2.54. The Morgan fingerprint density at radius 2 is 1.68 bits per heavy atom. The number of nitrogens with zero attached hydrogens (tertiary/aromatic N) is 1. The highest BCUT2D eigenvalue weighted by atomic mass is 16.5. The van der Waals surface area contributed by atoms with Crippen LogP contribution in [0.1, 0.15) is 81.0 Å². The molecule has 4 aliphatic carbocycles. The number of piperidine rings is 1. The number of carbonyl (C=O) groups is 2. The number of rotatable bonds is 6. The van der Waals surface area contributed by atoms with Gasteiger partial charge in [0.1, 0.15) is 0 Å². The third kappa shape index (κ3) is 4.34. The van der Waals surface area contributed by atoms with Crippen molar-refractivity contribution in [2.24, 2.45) is 23.2 Å². The largest absolute Gasteiger partial charge is 0.376 e. The molecule has 0 aromatic heterocycles. The number of nitrogens with one attached hydrogen (secondary N) is 2. The number of amides is 2. The number of ether oxygens (including phenoxy) is 1. The molecule has 1 aromatic rings. The smallest absolute Gasteiger partial charge is 0.253 e. The van der Waals surface area contributed by atoms with Gasteiger partial charge in [-0.15, -0.1) is 0 Å². The molecule has 6 fully saturated rings. The van der Waals surface area contributed by atoms with E-state index in [9.17, 15) is 9.59 Å². The van der Waals surface area contributed by atoms with Gasteiger partial charge in [-0.05, 0) is 107 Å². The van der Waals surface area contributed by atoms with E-state index in [4.69, 9.17) is 4.74 Å². The lowest BCUT2D eigenvalue weighted by molar-refractivity contribution is -0.140. The van der Waals surface area contributed by atoms with Crippen LogP contribution in [0, 0.1) is 23.2 Å². The van der Waals surface area contributed by atoms with E-state index in [1.54, 1.807) is 0 Å². The minimum Gasteiger partial charge on any atom is -0.376 e. The van der Waals surface area contributed by atoms with Crippen molar-refractivity contribution in [3.8, 4) is 0 Å². The molecular weight excluding hydrogens is 426 g/mol. The summed E-state index contributed by atoms with van der Waals surface area (Å²) in [6, 6.07) is 5.95. The summed E-state index contributed by atoms with van der Waals surface area (Å²) in [4.78, 5) is 29.2. The maximum atomic E-state index is 13.6. The van der Waals surface area contributed by atoms with Crippen molar-refractivity contribution in [2.45, 2.75) is 76.7 Å². The van der Waals surface area contributed by atoms with Crippen LogP contribution in [-0.2, 0) is 9.53 Å². The molecule has 2 heterocycles. The Kier molecular flexibility index (Phi) is 6.04. The zero-order valence-electron chi connectivity index (χ0n) is 20.3. The number of carbonyl (C=O) groups excluding carboxylic acids is 2. The van der Waals surface area contributed by atoms with Gasteiger partial charge in [0.2, 0.25) is 5.91 Å². The predicted octanol–water partition coefficient (Wildman–Crippen LogP) is 4.74. The van der Waals surface area contributed by atoms with Crippen LogP contribution in [0.15, 0.2) is 18.2 Å².